The number of nitrogens with zero attached hydrogens (tertiary/aromatic N) is 1. The third-order valence-electron chi connectivity index (χ3n) is 3.25. The highest BCUT2D eigenvalue weighted by molar-refractivity contribution is 6.30. The number of halogens is 1. The van der Waals surface area contributed by atoms with Gasteiger partial charge in [0.1, 0.15) is 5.82 Å². The fourth-order valence-electron chi connectivity index (χ4n) is 2.06. The Morgan fingerprint density at radius 2 is 2.17 bits per heavy atom. The lowest BCUT2D eigenvalue weighted by Gasteiger charge is -2.11. The van der Waals surface area contributed by atoms with Gasteiger partial charge in [-0.3, -0.25) is 4.79 Å². The summed E-state index contributed by atoms with van der Waals surface area (Å²) in [6.45, 7) is 2.46. The number of aliphatic hydroxyl groups is 1. The molecule has 0 radical (unpaired) electrons. The number of anilines is 2. The van der Waals surface area contributed by atoms with Crippen molar-refractivity contribution in [3.05, 3.63) is 53.2 Å². The normalized spacial score (nSPS) is 11.8. The van der Waals surface area contributed by atoms with Crippen molar-refractivity contribution in [2.24, 2.45) is 0 Å². The summed E-state index contributed by atoms with van der Waals surface area (Å²) in [7, 11) is 0. The number of aromatic nitrogens is 1. The molecule has 1 unspecified atom stereocenters. The van der Waals surface area contributed by atoms with Crippen LogP contribution in [0.4, 0.5) is 11.5 Å². The van der Waals surface area contributed by atoms with Gasteiger partial charge in [0.15, 0.2) is 0 Å². The number of rotatable bonds is 7. The Labute approximate surface area is 140 Å². The van der Waals surface area contributed by atoms with Gasteiger partial charge >= 0.3 is 0 Å². The van der Waals surface area contributed by atoms with Crippen LogP contribution in [0.3, 0.4) is 0 Å². The Morgan fingerprint density at radius 3 is 2.83 bits per heavy atom. The van der Waals surface area contributed by atoms with Gasteiger partial charge in [-0.05, 0) is 36.8 Å². The molecular formula is C17H20ClN3O2. The van der Waals surface area contributed by atoms with E-state index in [1.54, 1.807) is 36.4 Å². The fourth-order valence-corrected chi connectivity index (χ4v) is 2.25. The van der Waals surface area contributed by atoms with Crippen molar-refractivity contribution >= 4 is 29.0 Å². The van der Waals surface area contributed by atoms with Crippen LogP contribution in [-0.4, -0.2) is 28.6 Å². The highest BCUT2D eigenvalue weighted by Crippen LogP contribution is 2.16. The molecule has 2 aromatic rings. The lowest BCUT2D eigenvalue weighted by Crippen LogP contribution is -2.19. The quantitative estimate of drug-likeness (QED) is 0.724. The van der Waals surface area contributed by atoms with E-state index >= 15 is 0 Å². The van der Waals surface area contributed by atoms with E-state index in [-0.39, 0.29) is 5.91 Å². The van der Waals surface area contributed by atoms with Crippen LogP contribution in [-0.2, 0) is 0 Å². The van der Waals surface area contributed by atoms with E-state index in [9.17, 15) is 9.90 Å². The van der Waals surface area contributed by atoms with Crippen LogP contribution in [0.15, 0.2) is 42.6 Å². The summed E-state index contributed by atoms with van der Waals surface area (Å²) in [6.07, 6.45) is 2.77. The maximum absolute atomic E-state index is 12.1. The second kappa shape index (κ2) is 8.50. The third-order valence-corrected chi connectivity index (χ3v) is 3.48. The first-order chi connectivity index (χ1) is 11.1. The molecule has 23 heavy (non-hydrogen) atoms. The molecular weight excluding hydrogens is 314 g/mol. The van der Waals surface area contributed by atoms with Crippen LogP contribution in [0.5, 0.6) is 0 Å². The highest BCUT2D eigenvalue weighted by Gasteiger charge is 2.08. The van der Waals surface area contributed by atoms with Crippen molar-refractivity contribution in [3.8, 4) is 0 Å². The zero-order chi connectivity index (χ0) is 16.7. The van der Waals surface area contributed by atoms with Gasteiger partial charge in [-0.25, -0.2) is 4.98 Å². The van der Waals surface area contributed by atoms with Crippen molar-refractivity contribution in [1.29, 1.82) is 0 Å². The summed E-state index contributed by atoms with van der Waals surface area (Å²) in [5.41, 5.74) is 1.08. The standard InChI is InChI=1S/C17H20ClN3O2/c1-2-4-15(22)11-20-16-8-7-12(10-19-16)17(23)21-14-6-3-5-13(18)9-14/h3,5-10,15,22H,2,4,11H2,1H3,(H,19,20)(H,21,23). The first-order valence-corrected chi connectivity index (χ1v) is 7.91. The van der Waals surface area contributed by atoms with Crippen molar-refractivity contribution in [2.75, 3.05) is 17.2 Å². The molecule has 1 heterocycles. The molecule has 122 valence electrons. The summed E-state index contributed by atoms with van der Waals surface area (Å²) in [5, 5.41) is 16.0. The third kappa shape index (κ3) is 5.54. The number of amides is 1. The first-order valence-electron chi connectivity index (χ1n) is 7.53. The SMILES string of the molecule is CCCC(O)CNc1ccc(C(=O)Nc2cccc(Cl)c2)cn1. The van der Waals surface area contributed by atoms with Crippen molar-refractivity contribution < 1.29 is 9.90 Å². The molecule has 6 heteroatoms. The molecule has 1 aromatic carbocycles. The number of benzene rings is 1. The topological polar surface area (TPSA) is 74.2 Å². The Balaban J connectivity index is 1.92. The van der Waals surface area contributed by atoms with Gasteiger partial charge in [0, 0.05) is 23.5 Å². The number of aliphatic hydroxyl groups excluding tert-OH is 1. The fraction of sp³-hybridized carbons (Fsp3) is 0.294. The van der Waals surface area contributed by atoms with Crippen LogP contribution in [0, 0.1) is 0 Å². The summed E-state index contributed by atoms with van der Waals surface area (Å²) in [4.78, 5) is 16.3. The first kappa shape index (κ1) is 17.2. The predicted octanol–water partition coefficient (Wildman–Crippen LogP) is 3.56. The van der Waals surface area contributed by atoms with Crippen LogP contribution < -0.4 is 10.6 Å². The van der Waals surface area contributed by atoms with Crippen molar-refractivity contribution in [1.82, 2.24) is 4.98 Å². The summed E-state index contributed by atoms with van der Waals surface area (Å²) in [6, 6.07) is 10.4. The van der Waals surface area contributed by atoms with Gasteiger partial charge in [0.05, 0.1) is 11.7 Å². The van der Waals surface area contributed by atoms with E-state index in [4.69, 9.17) is 11.6 Å². The molecule has 0 bridgehead atoms. The summed E-state index contributed by atoms with van der Waals surface area (Å²) in [5.74, 6) is 0.372. The molecule has 3 N–H and O–H groups in total. The van der Waals surface area contributed by atoms with E-state index in [0.717, 1.165) is 12.8 Å². The number of pyridine rings is 1. The average molecular weight is 334 g/mol. The second-order valence-electron chi connectivity index (χ2n) is 5.22. The minimum Gasteiger partial charge on any atom is -0.391 e. The lowest BCUT2D eigenvalue weighted by molar-refractivity contribution is 0.102. The lowest BCUT2D eigenvalue weighted by atomic mass is 10.2. The van der Waals surface area contributed by atoms with E-state index in [1.165, 1.54) is 6.20 Å². The van der Waals surface area contributed by atoms with Crippen LogP contribution in [0.2, 0.25) is 5.02 Å². The second-order valence-corrected chi connectivity index (χ2v) is 5.66. The Kier molecular flexibility index (Phi) is 6.38. The number of hydrogen-bond donors (Lipinski definition) is 3. The number of carbonyl (C=O) groups excluding carboxylic acids is 1. The molecule has 1 amide bonds. The molecule has 1 atom stereocenters. The molecule has 0 fully saturated rings. The van der Waals surface area contributed by atoms with E-state index < -0.39 is 6.10 Å². The molecule has 2 rings (SSSR count). The zero-order valence-corrected chi connectivity index (χ0v) is 13.7. The molecule has 0 aliphatic rings. The van der Waals surface area contributed by atoms with E-state index in [0.29, 0.717) is 28.6 Å². The van der Waals surface area contributed by atoms with E-state index in [2.05, 4.69) is 15.6 Å². The monoisotopic (exact) mass is 333 g/mol. The average Bonchev–Trinajstić information content (AvgIpc) is 2.54. The molecule has 0 saturated heterocycles. The van der Waals surface area contributed by atoms with Crippen LogP contribution in [0.1, 0.15) is 30.1 Å². The van der Waals surface area contributed by atoms with Gasteiger partial charge in [-0.1, -0.05) is 31.0 Å². The van der Waals surface area contributed by atoms with Gasteiger partial charge in [0.2, 0.25) is 0 Å². The summed E-state index contributed by atoms with van der Waals surface area (Å²) >= 11 is 5.89. The molecule has 0 aliphatic heterocycles. The van der Waals surface area contributed by atoms with E-state index in [1.807, 2.05) is 6.92 Å². The smallest absolute Gasteiger partial charge is 0.257 e. The number of carbonyl (C=O) groups is 1. The minimum atomic E-state index is -0.396. The summed E-state index contributed by atoms with van der Waals surface area (Å²) < 4.78 is 0. The van der Waals surface area contributed by atoms with Crippen molar-refractivity contribution in [3.63, 3.8) is 0 Å². The predicted molar refractivity (Wildman–Crippen MR) is 93.0 cm³/mol. The molecule has 0 saturated carbocycles. The Bertz CT molecular complexity index is 647. The zero-order valence-electron chi connectivity index (χ0n) is 12.9. The van der Waals surface area contributed by atoms with Gasteiger partial charge in [-0.2, -0.15) is 0 Å². The van der Waals surface area contributed by atoms with Gasteiger partial charge < -0.3 is 15.7 Å². The maximum atomic E-state index is 12.1. The van der Waals surface area contributed by atoms with Gasteiger partial charge in [0.25, 0.3) is 5.91 Å². The Hall–Kier alpha value is -2.11. The van der Waals surface area contributed by atoms with Gasteiger partial charge in [-0.15, -0.1) is 0 Å². The van der Waals surface area contributed by atoms with Crippen molar-refractivity contribution in [2.45, 2.75) is 25.9 Å². The molecule has 5 nitrogen and oxygen atoms in total. The Morgan fingerprint density at radius 1 is 1.35 bits per heavy atom. The minimum absolute atomic E-state index is 0.252. The highest BCUT2D eigenvalue weighted by atomic mass is 35.5. The largest absolute Gasteiger partial charge is 0.391 e. The van der Waals surface area contributed by atoms with Crippen LogP contribution in [0.25, 0.3) is 0 Å². The molecule has 0 spiro atoms. The molecule has 0 aliphatic carbocycles. The number of nitrogens with one attached hydrogen (secondary N) is 2. The number of hydrogen-bond acceptors (Lipinski definition) is 4. The maximum Gasteiger partial charge on any atom is 0.257 e. The molecule has 1 aromatic heterocycles. The van der Waals surface area contributed by atoms with Crippen LogP contribution >= 0.6 is 11.6 Å².